The van der Waals surface area contributed by atoms with E-state index in [-0.39, 0.29) is 11.3 Å². The van der Waals surface area contributed by atoms with Crippen LogP contribution in [0.5, 0.6) is 5.75 Å². The van der Waals surface area contributed by atoms with E-state index in [0.29, 0.717) is 16.8 Å². The highest BCUT2D eigenvalue weighted by atomic mass is 16.4. The predicted octanol–water partition coefficient (Wildman–Crippen LogP) is 2.33. The number of nitriles is 1. The molecule has 0 spiro atoms. The van der Waals surface area contributed by atoms with Gasteiger partial charge in [0.1, 0.15) is 11.3 Å². The molecule has 94 valence electrons. The molecule has 0 bridgehead atoms. The van der Waals surface area contributed by atoms with Gasteiger partial charge in [-0.2, -0.15) is 5.26 Å². The molecule has 1 aromatic carbocycles. The van der Waals surface area contributed by atoms with Gasteiger partial charge in [0.15, 0.2) is 0 Å². The molecule has 0 saturated heterocycles. The third-order valence-corrected chi connectivity index (χ3v) is 2.77. The first kappa shape index (κ1) is 12.6. The lowest BCUT2D eigenvalue weighted by Crippen LogP contribution is -1.98. The number of carboxylic acid groups (broad SMARTS) is 1. The van der Waals surface area contributed by atoms with Crippen LogP contribution < -0.4 is 0 Å². The average molecular weight is 254 g/mol. The van der Waals surface area contributed by atoms with Crippen LogP contribution in [0.2, 0.25) is 0 Å². The SMILES string of the molecule is Cc1ccc(-c2cc(C(=O)O)c(O)cn2)cc1C#N. The molecule has 0 unspecified atom stereocenters. The molecule has 1 aromatic heterocycles. The van der Waals surface area contributed by atoms with Crippen LogP contribution in [0.3, 0.4) is 0 Å². The number of nitrogens with zero attached hydrogens (tertiary/aromatic N) is 2. The van der Waals surface area contributed by atoms with Crippen LogP contribution >= 0.6 is 0 Å². The number of pyridine rings is 1. The maximum absolute atomic E-state index is 10.9. The van der Waals surface area contributed by atoms with E-state index in [0.717, 1.165) is 11.8 Å². The molecule has 0 aliphatic rings. The summed E-state index contributed by atoms with van der Waals surface area (Å²) in [6.07, 6.45) is 1.09. The van der Waals surface area contributed by atoms with Crippen molar-refractivity contribution in [3.05, 3.63) is 47.2 Å². The Morgan fingerprint density at radius 3 is 2.74 bits per heavy atom. The lowest BCUT2D eigenvalue weighted by atomic mass is 10.0. The smallest absolute Gasteiger partial charge is 0.339 e. The molecule has 2 N–H and O–H groups in total. The summed E-state index contributed by atoms with van der Waals surface area (Å²) in [5, 5.41) is 27.3. The van der Waals surface area contributed by atoms with E-state index in [1.807, 2.05) is 6.92 Å². The number of aromatic carboxylic acids is 1. The van der Waals surface area contributed by atoms with Gasteiger partial charge in [0.2, 0.25) is 0 Å². The lowest BCUT2D eigenvalue weighted by molar-refractivity contribution is 0.0693. The fourth-order valence-corrected chi connectivity index (χ4v) is 1.68. The monoisotopic (exact) mass is 254 g/mol. The summed E-state index contributed by atoms with van der Waals surface area (Å²) in [6.45, 7) is 1.81. The van der Waals surface area contributed by atoms with Crippen LogP contribution in [0.25, 0.3) is 11.3 Å². The van der Waals surface area contributed by atoms with Crippen molar-refractivity contribution in [2.24, 2.45) is 0 Å². The van der Waals surface area contributed by atoms with Crippen molar-refractivity contribution in [2.45, 2.75) is 6.92 Å². The second-order valence-electron chi connectivity index (χ2n) is 4.03. The van der Waals surface area contributed by atoms with E-state index in [2.05, 4.69) is 11.1 Å². The highest BCUT2D eigenvalue weighted by Gasteiger charge is 2.12. The van der Waals surface area contributed by atoms with Crippen molar-refractivity contribution in [1.29, 1.82) is 5.26 Å². The zero-order chi connectivity index (χ0) is 14.0. The van der Waals surface area contributed by atoms with E-state index in [1.165, 1.54) is 6.07 Å². The van der Waals surface area contributed by atoms with E-state index in [4.69, 9.17) is 10.4 Å². The first-order valence-electron chi connectivity index (χ1n) is 5.46. The average Bonchev–Trinajstić information content (AvgIpc) is 2.39. The standard InChI is InChI=1S/C14H10N2O3/c1-8-2-3-9(4-10(8)6-15)12-5-11(14(18)19)13(17)7-16-12/h2-5,7,17H,1H3,(H,18,19). The third kappa shape index (κ3) is 2.38. The first-order chi connectivity index (χ1) is 9.02. The van der Waals surface area contributed by atoms with Crippen molar-refractivity contribution < 1.29 is 15.0 Å². The van der Waals surface area contributed by atoms with Gasteiger partial charge in [-0.1, -0.05) is 12.1 Å². The highest BCUT2D eigenvalue weighted by molar-refractivity contribution is 5.91. The Kier molecular flexibility index (Phi) is 3.17. The van der Waals surface area contributed by atoms with E-state index in [1.54, 1.807) is 18.2 Å². The van der Waals surface area contributed by atoms with E-state index in [9.17, 15) is 9.90 Å². The summed E-state index contributed by atoms with van der Waals surface area (Å²) < 4.78 is 0. The Bertz CT molecular complexity index is 702. The molecule has 0 atom stereocenters. The minimum atomic E-state index is -1.23. The molecule has 19 heavy (non-hydrogen) atoms. The predicted molar refractivity (Wildman–Crippen MR) is 67.7 cm³/mol. The third-order valence-electron chi connectivity index (χ3n) is 2.77. The van der Waals surface area contributed by atoms with Gasteiger partial charge in [-0.15, -0.1) is 0 Å². The number of benzene rings is 1. The Morgan fingerprint density at radius 1 is 1.37 bits per heavy atom. The normalized spacial score (nSPS) is 9.89. The second kappa shape index (κ2) is 4.78. The van der Waals surface area contributed by atoms with Gasteiger partial charge in [0.25, 0.3) is 0 Å². The second-order valence-corrected chi connectivity index (χ2v) is 4.03. The van der Waals surface area contributed by atoms with Crippen molar-refractivity contribution in [1.82, 2.24) is 4.98 Å². The summed E-state index contributed by atoms with van der Waals surface area (Å²) in [6, 6.07) is 8.50. The Hall–Kier alpha value is -2.87. The van der Waals surface area contributed by atoms with Crippen molar-refractivity contribution >= 4 is 5.97 Å². The molecule has 0 aliphatic carbocycles. The molecule has 0 saturated carbocycles. The minimum Gasteiger partial charge on any atom is -0.505 e. The van der Waals surface area contributed by atoms with Gasteiger partial charge in [0, 0.05) is 5.56 Å². The molecule has 1 heterocycles. The zero-order valence-electron chi connectivity index (χ0n) is 10.1. The number of carboxylic acids is 1. The quantitative estimate of drug-likeness (QED) is 0.857. The van der Waals surface area contributed by atoms with Gasteiger partial charge in [-0.05, 0) is 24.6 Å². The van der Waals surface area contributed by atoms with Crippen molar-refractivity contribution in [3.63, 3.8) is 0 Å². The number of aryl methyl sites for hydroxylation is 1. The summed E-state index contributed by atoms with van der Waals surface area (Å²) in [5.74, 6) is -1.61. The van der Waals surface area contributed by atoms with Gasteiger partial charge in [-0.25, -0.2) is 4.79 Å². The molecular weight excluding hydrogens is 244 g/mol. The van der Waals surface area contributed by atoms with Crippen LogP contribution in [-0.4, -0.2) is 21.2 Å². The molecule has 2 rings (SSSR count). The van der Waals surface area contributed by atoms with Crippen LogP contribution in [0.4, 0.5) is 0 Å². The molecule has 5 heteroatoms. The van der Waals surface area contributed by atoms with Crippen molar-refractivity contribution in [3.8, 4) is 23.1 Å². The van der Waals surface area contributed by atoms with Crippen LogP contribution in [0, 0.1) is 18.3 Å². The van der Waals surface area contributed by atoms with E-state index < -0.39 is 5.97 Å². The fourth-order valence-electron chi connectivity index (χ4n) is 1.68. The minimum absolute atomic E-state index is 0.218. The van der Waals surface area contributed by atoms with Crippen LogP contribution in [0.1, 0.15) is 21.5 Å². The summed E-state index contributed by atoms with van der Waals surface area (Å²) in [5.41, 5.74) is 2.15. The maximum atomic E-state index is 10.9. The van der Waals surface area contributed by atoms with Crippen LogP contribution in [-0.2, 0) is 0 Å². The Balaban J connectivity index is 2.57. The molecule has 0 amide bonds. The maximum Gasteiger partial charge on any atom is 0.339 e. The molecular formula is C14H10N2O3. The Morgan fingerprint density at radius 2 is 2.11 bits per heavy atom. The Labute approximate surface area is 109 Å². The topological polar surface area (TPSA) is 94.2 Å². The first-order valence-corrected chi connectivity index (χ1v) is 5.46. The number of aromatic nitrogens is 1. The molecule has 0 aliphatic heterocycles. The fraction of sp³-hybridized carbons (Fsp3) is 0.0714. The largest absolute Gasteiger partial charge is 0.505 e. The number of aromatic hydroxyl groups is 1. The number of hydrogen-bond donors (Lipinski definition) is 2. The zero-order valence-corrected chi connectivity index (χ0v) is 10.1. The van der Waals surface area contributed by atoms with E-state index >= 15 is 0 Å². The molecule has 2 aromatic rings. The van der Waals surface area contributed by atoms with Gasteiger partial charge >= 0.3 is 5.97 Å². The van der Waals surface area contributed by atoms with Gasteiger partial charge < -0.3 is 10.2 Å². The summed E-state index contributed by atoms with van der Waals surface area (Å²) >= 11 is 0. The van der Waals surface area contributed by atoms with Gasteiger partial charge in [0.05, 0.1) is 23.5 Å². The van der Waals surface area contributed by atoms with Crippen molar-refractivity contribution in [2.75, 3.05) is 0 Å². The number of hydrogen-bond acceptors (Lipinski definition) is 4. The highest BCUT2D eigenvalue weighted by Crippen LogP contribution is 2.25. The number of rotatable bonds is 2. The summed E-state index contributed by atoms with van der Waals surface area (Å²) in [4.78, 5) is 14.9. The molecule has 0 radical (unpaired) electrons. The lowest BCUT2D eigenvalue weighted by Gasteiger charge is -2.05. The summed E-state index contributed by atoms with van der Waals surface area (Å²) in [7, 11) is 0. The molecule has 0 fully saturated rings. The number of carbonyl (C=O) groups is 1. The molecule has 5 nitrogen and oxygen atoms in total. The van der Waals surface area contributed by atoms with Crippen LogP contribution in [0.15, 0.2) is 30.5 Å². The van der Waals surface area contributed by atoms with Gasteiger partial charge in [-0.3, -0.25) is 4.98 Å².